The predicted octanol–water partition coefficient (Wildman–Crippen LogP) is 1.34. The normalized spacial score (nSPS) is 20.4. The van der Waals surface area contributed by atoms with Crippen LogP contribution in [0.5, 0.6) is 0 Å². The zero-order valence-corrected chi connectivity index (χ0v) is 8.33. The van der Waals surface area contributed by atoms with Gasteiger partial charge in [-0.25, -0.2) is 0 Å². The first-order valence-corrected chi connectivity index (χ1v) is 4.87. The van der Waals surface area contributed by atoms with E-state index >= 15 is 0 Å². The Kier molecular flexibility index (Phi) is 2.50. The number of benzene rings is 1. The molecule has 1 unspecified atom stereocenters. The highest BCUT2D eigenvalue weighted by molar-refractivity contribution is 5.87. The highest BCUT2D eigenvalue weighted by Gasteiger charge is 2.18. The lowest BCUT2D eigenvalue weighted by Gasteiger charge is -2.09. The molecular weight excluding hydrogens is 174 g/mol. The molecule has 2 rings (SSSR count). The SMILES string of the molecule is Cc1ccc(C2CC(CN)=NN2)cc1. The number of aryl methyl sites for hydroxylation is 1. The van der Waals surface area contributed by atoms with Crippen molar-refractivity contribution in [2.24, 2.45) is 10.8 Å². The quantitative estimate of drug-likeness (QED) is 0.737. The van der Waals surface area contributed by atoms with Crippen molar-refractivity contribution in [3.8, 4) is 0 Å². The summed E-state index contributed by atoms with van der Waals surface area (Å²) in [5, 5.41) is 4.18. The summed E-state index contributed by atoms with van der Waals surface area (Å²) in [5.41, 5.74) is 12.2. The van der Waals surface area contributed by atoms with Gasteiger partial charge in [-0.2, -0.15) is 5.10 Å². The lowest BCUT2D eigenvalue weighted by molar-refractivity contribution is 0.620. The van der Waals surface area contributed by atoms with Crippen molar-refractivity contribution < 1.29 is 0 Å². The second-order valence-electron chi connectivity index (χ2n) is 3.68. The molecule has 1 atom stereocenters. The van der Waals surface area contributed by atoms with Crippen molar-refractivity contribution >= 4 is 5.71 Å². The maximum atomic E-state index is 5.53. The molecule has 0 aromatic heterocycles. The summed E-state index contributed by atoms with van der Waals surface area (Å²) in [4.78, 5) is 0. The van der Waals surface area contributed by atoms with Gasteiger partial charge in [0, 0.05) is 13.0 Å². The number of nitrogens with two attached hydrogens (primary N) is 1. The molecule has 3 heteroatoms. The fourth-order valence-electron chi connectivity index (χ4n) is 1.62. The van der Waals surface area contributed by atoms with Crippen LogP contribution in [0.3, 0.4) is 0 Å². The Labute approximate surface area is 84.0 Å². The molecule has 0 saturated carbocycles. The second-order valence-corrected chi connectivity index (χ2v) is 3.68. The molecule has 1 aliphatic rings. The summed E-state index contributed by atoms with van der Waals surface area (Å²) in [6, 6.07) is 8.84. The molecule has 3 nitrogen and oxygen atoms in total. The van der Waals surface area contributed by atoms with Gasteiger partial charge in [0.05, 0.1) is 11.8 Å². The van der Waals surface area contributed by atoms with E-state index in [1.54, 1.807) is 0 Å². The van der Waals surface area contributed by atoms with Crippen molar-refractivity contribution in [1.29, 1.82) is 0 Å². The van der Waals surface area contributed by atoms with Gasteiger partial charge in [-0.15, -0.1) is 0 Å². The van der Waals surface area contributed by atoms with Crippen LogP contribution in [0.15, 0.2) is 29.4 Å². The summed E-state index contributed by atoms with van der Waals surface area (Å²) >= 11 is 0. The highest BCUT2D eigenvalue weighted by Crippen LogP contribution is 2.21. The molecule has 0 spiro atoms. The van der Waals surface area contributed by atoms with Crippen molar-refractivity contribution in [3.05, 3.63) is 35.4 Å². The summed E-state index contributed by atoms with van der Waals surface area (Å²) < 4.78 is 0. The molecule has 0 amide bonds. The number of nitrogens with zero attached hydrogens (tertiary/aromatic N) is 1. The summed E-state index contributed by atoms with van der Waals surface area (Å²) in [7, 11) is 0. The van der Waals surface area contributed by atoms with E-state index in [1.165, 1.54) is 11.1 Å². The second kappa shape index (κ2) is 3.80. The fourth-order valence-corrected chi connectivity index (χ4v) is 1.62. The minimum Gasteiger partial charge on any atom is -0.325 e. The third-order valence-corrected chi connectivity index (χ3v) is 2.53. The van der Waals surface area contributed by atoms with Crippen molar-refractivity contribution in [2.75, 3.05) is 6.54 Å². The molecule has 0 fully saturated rings. The van der Waals surface area contributed by atoms with Gasteiger partial charge in [-0.3, -0.25) is 0 Å². The van der Waals surface area contributed by atoms with Gasteiger partial charge in [-0.05, 0) is 12.5 Å². The van der Waals surface area contributed by atoms with Gasteiger partial charge in [0.2, 0.25) is 0 Å². The third kappa shape index (κ3) is 1.77. The molecule has 0 radical (unpaired) electrons. The molecule has 0 bridgehead atoms. The maximum Gasteiger partial charge on any atom is 0.0742 e. The first-order chi connectivity index (χ1) is 6.79. The Balaban J connectivity index is 2.08. The van der Waals surface area contributed by atoms with Gasteiger partial charge in [0.15, 0.2) is 0 Å². The number of nitrogens with one attached hydrogen (secondary N) is 1. The van der Waals surface area contributed by atoms with Crippen LogP contribution in [0.4, 0.5) is 0 Å². The van der Waals surface area contributed by atoms with Gasteiger partial charge < -0.3 is 11.2 Å². The van der Waals surface area contributed by atoms with Crippen LogP contribution >= 0.6 is 0 Å². The van der Waals surface area contributed by atoms with Crippen LogP contribution in [-0.2, 0) is 0 Å². The lowest BCUT2D eigenvalue weighted by Crippen LogP contribution is -2.13. The Morgan fingerprint density at radius 2 is 2.14 bits per heavy atom. The highest BCUT2D eigenvalue weighted by atomic mass is 15.3. The molecular formula is C11H15N3. The Hall–Kier alpha value is -1.35. The number of rotatable bonds is 2. The van der Waals surface area contributed by atoms with Crippen LogP contribution < -0.4 is 11.2 Å². The Morgan fingerprint density at radius 1 is 1.43 bits per heavy atom. The van der Waals surface area contributed by atoms with Crippen LogP contribution in [0.25, 0.3) is 0 Å². The average molecular weight is 189 g/mol. The van der Waals surface area contributed by atoms with Crippen molar-refractivity contribution in [2.45, 2.75) is 19.4 Å². The monoisotopic (exact) mass is 189 g/mol. The molecule has 1 heterocycles. The Morgan fingerprint density at radius 3 is 2.71 bits per heavy atom. The van der Waals surface area contributed by atoms with Crippen LogP contribution in [-0.4, -0.2) is 12.3 Å². The Bertz CT molecular complexity index is 340. The molecule has 1 aromatic carbocycles. The minimum atomic E-state index is 0.314. The number of hydrazone groups is 1. The summed E-state index contributed by atoms with van der Waals surface area (Å²) in [6.07, 6.45) is 0.930. The molecule has 14 heavy (non-hydrogen) atoms. The average Bonchev–Trinajstić information content (AvgIpc) is 2.67. The van der Waals surface area contributed by atoms with Gasteiger partial charge in [-0.1, -0.05) is 29.8 Å². The maximum absolute atomic E-state index is 5.53. The topological polar surface area (TPSA) is 50.4 Å². The van der Waals surface area contributed by atoms with Crippen LogP contribution in [0, 0.1) is 6.92 Å². The standard InChI is InChI=1S/C11H15N3/c1-8-2-4-9(5-3-8)11-6-10(7-12)13-14-11/h2-5,11,14H,6-7,12H2,1H3. The van der Waals surface area contributed by atoms with E-state index in [1.807, 2.05) is 0 Å². The first kappa shape index (κ1) is 9.21. The van der Waals surface area contributed by atoms with E-state index in [0.29, 0.717) is 12.6 Å². The van der Waals surface area contributed by atoms with E-state index in [2.05, 4.69) is 41.7 Å². The van der Waals surface area contributed by atoms with Crippen LogP contribution in [0.1, 0.15) is 23.6 Å². The van der Waals surface area contributed by atoms with Gasteiger partial charge in [0.25, 0.3) is 0 Å². The number of hydrogen-bond acceptors (Lipinski definition) is 3. The van der Waals surface area contributed by atoms with Crippen molar-refractivity contribution in [1.82, 2.24) is 5.43 Å². The molecule has 0 aliphatic carbocycles. The minimum absolute atomic E-state index is 0.314. The van der Waals surface area contributed by atoms with Crippen molar-refractivity contribution in [3.63, 3.8) is 0 Å². The predicted molar refractivity (Wildman–Crippen MR) is 58.2 cm³/mol. The van der Waals surface area contributed by atoms with E-state index in [9.17, 15) is 0 Å². The summed E-state index contributed by atoms with van der Waals surface area (Å²) in [5.74, 6) is 0. The largest absolute Gasteiger partial charge is 0.325 e. The smallest absolute Gasteiger partial charge is 0.0742 e. The molecule has 1 aromatic rings. The van der Waals surface area contributed by atoms with Gasteiger partial charge >= 0.3 is 0 Å². The van der Waals surface area contributed by atoms with Gasteiger partial charge in [0.1, 0.15) is 0 Å². The molecule has 1 aliphatic heterocycles. The lowest BCUT2D eigenvalue weighted by atomic mass is 10.0. The van der Waals surface area contributed by atoms with Crippen LogP contribution in [0.2, 0.25) is 0 Å². The van der Waals surface area contributed by atoms with E-state index < -0.39 is 0 Å². The first-order valence-electron chi connectivity index (χ1n) is 4.87. The summed E-state index contributed by atoms with van der Waals surface area (Å²) in [6.45, 7) is 2.64. The molecule has 74 valence electrons. The zero-order chi connectivity index (χ0) is 9.97. The molecule has 0 saturated heterocycles. The fraction of sp³-hybridized carbons (Fsp3) is 0.364. The van der Waals surface area contributed by atoms with E-state index in [-0.39, 0.29) is 0 Å². The number of hydrogen-bond donors (Lipinski definition) is 2. The third-order valence-electron chi connectivity index (χ3n) is 2.53. The van der Waals surface area contributed by atoms with E-state index in [4.69, 9.17) is 5.73 Å². The zero-order valence-electron chi connectivity index (χ0n) is 8.33. The van der Waals surface area contributed by atoms with E-state index in [0.717, 1.165) is 12.1 Å². The molecule has 3 N–H and O–H groups in total.